The number of hydrogen-bond acceptors (Lipinski definition) is 2. The van der Waals surface area contributed by atoms with E-state index in [9.17, 15) is 0 Å². The predicted octanol–water partition coefficient (Wildman–Crippen LogP) is 5.32. The highest BCUT2D eigenvalue weighted by molar-refractivity contribution is 5.85. The van der Waals surface area contributed by atoms with Crippen molar-refractivity contribution in [3.05, 3.63) is 53.4 Å². The maximum absolute atomic E-state index is 6.00. The molecule has 2 aromatic heterocycles. The Morgan fingerprint density at radius 1 is 1.00 bits per heavy atom. The molecule has 3 aromatic rings. The maximum atomic E-state index is 6.00. The van der Waals surface area contributed by atoms with Gasteiger partial charge in [0.25, 0.3) is 0 Å². The molecule has 1 unspecified atom stereocenters. The third-order valence-corrected chi connectivity index (χ3v) is 7.91. The Hall–Kier alpha value is -2.16. The van der Waals surface area contributed by atoms with E-state index < -0.39 is 0 Å². The van der Waals surface area contributed by atoms with E-state index in [2.05, 4.69) is 81.5 Å². The van der Waals surface area contributed by atoms with Crippen LogP contribution in [0, 0.1) is 5.41 Å². The average molecular weight is 334 g/mol. The molecule has 0 saturated heterocycles. The number of furan rings is 1. The summed E-state index contributed by atoms with van der Waals surface area (Å²) in [5.74, 6) is 0. The summed E-state index contributed by atoms with van der Waals surface area (Å²) in [6, 6.07) is 11.0. The van der Waals surface area contributed by atoms with Crippen molar-refractivity contribution in [2.75, 3.05) is 4.90 Å². The largest absolute Gasteiger partial charge is 0.462 e. The summed E-state index contributed by atoms with van der Waals surface area (Å²) >= 11 is 0. The topological polar surface area (TPSA) is 21.3 Å². The second-order valence-corrected chi connectivity index (χ2v) is 8.94. The Kier molecular flexibility index (Phi) is 2.51. The molecule has 3 nitrogen and oxygen atoms in total. The third kappa shape index (κ3) is 1.38. The molecule has 2 aliphatic heterocycles. The molecule has 0 fully saturated rings. The second-order valence-electron chi connectivity index (χ2n) is 8.94. The molecule has 1 aromatic carbocycles. The number of hydrogen-bond donors (Lipinski definition) is 0. The lowest BCUT2D eigenvalue weighted by Gasteiger charge is -2.61. The van der Waals surface area contributed by atoms with Crippen LogP contribution >= 0.6 is 0 Å². The summed E-state index contributed by atoms with van der Waals surface area (Å²) in [6.45, 7) is 13.0. The normalized spacial score (nSPS) is 25.8. The molecule has 4 heterocycles. The van der Waals surface area contributed by atoms with Crippen LogP contribution in [0.25, 0.3) is 11.1 Å². The standard InChI is InChI=1S/C22H26N2O/c1-20(2)14-9-7-8-10-15(14)24-13-17-18(22(24,5)21(20,3)4)19-16(23(17)6)11-12-25-19/h7-12H,13H2,1-6H3. The van der Waals surface area contributed by atoms with Gasteiger partial charge in [0.15, 0.2) is 5.58 Å². The monoisotopic (exact) mass is 334 g/mol. The van der Waals surface area contributed by atoms with Gasteiger partial charge in [0, 0.05) is 35.5 Å². The minimum Gasteiger partial charge on any atom is -0.462 e. The molecule has 0 bridgehead atoms. The molecule has 3 heteroatoms. The number of nitrogens with zero attached hydrogens (tertiary/aromatic N) is 2. The first-order valence-corrected chi connectivity index (χ1v) is 9.15. The van der Waals surface area contributed by atoms with Gasteiger partial charge in [-0.15, -0.1) is 0 Å². The molecule has 2 aliphatic rings. The van der Waals surface area contributed by atoms with E-state index in [0.717, 1.165) is 12.1 Å². The van der Waals surface area contributed by atoms with Gasteiger partial charge in [0.05, 0.1) is 23.9 Å². The van der Waals surface area contributed by atoms with Crippen LogP contribution in [0.4, 0.5) is 5.69 Å². The minimum absolute atomic E-state index is 0.0284. The lowest BCUT2D eigenvalue weighted by Crippen LogP contribution is -2.61. The summed E-state index contributed by atoms with van der Waals surface area (Å²) in [7, 11) is 2.17. The zero-order chi connectivity index (χ0) is 17.8. The highest BCUT2D eigenvalue weighted by atomic mass is 16.3. The maximum Gasteiger partial charge on any atom is 0.157 e. The molecular formula is C22H26N2O. The Morgan fingerprint density at radius 2 is 1.72 bits per heavy atom. The highest BCUT2D eigenvalue weighted by Crippen LogP contribution is 2.65. The number of aryl methyl sites for hydroxylation is 1. The summed E-state index contributed by atoms with van der Waals surface area (Å²) in [5.41, 5.74) is 7.80. The van der Waals surface area contributed by atoms with Crippen LogP contribution < -0.4 is 4.90 Å². The van der Waals surface area contributed by atoms with Crippen molar-refractivity contribution in [1.82, 2.24) is 4.57 Å². The van der Waals surface area contributed by atoms with Gasteiger partial charge in [-0.2, -0.15) is 0 Å². The molecule has 25 heavy (non-hydrogen) atoms. The third-order valence-electron chi connectivity index (χ3n) is 7.91. The molecular weight excluding hydrogens is 308 g/mol. The van der Waals surface area contributed by atoms with Gasteiger partial charge in [-0.05, 0) is 24.0 Å². The number of anilines is 1. The zero-order valence-corrected chi connectivity index (χ0v) is 16.0. The first-order chi connectivity index (χ1) is 11.7. The first kappa shape index (κ1) is 15.1. The van der Waals surface area contributed by atoms with Crippen molar-refractivity contribution >= 4 is 16.8 Å². The van der Waals surface area contributed by atoms with Gasteiger partial charge < -0.3 is 13.9 Å². The van der Waals surface area contributed by atoms with E-state index in [1.165, 1.54) is 28.0 Å². The summed E-state index contributed by atoms with van der Waals surface area (Å²) < 4.78 is 8.32. The minimum atomic E-state index is -0.114. The van der Waals surface area contributed by atoms with E-state index in [4.69, 9.17) is 4.42 Å². The first-order valence-electron chi connectivity index (χ1n) is 9.15. The lowest BCUT2D eigenvalue weighted by atomic mass is 9.51. The SMILES string of the molecule is Cn1c2c(c3occc31)C1(C)N(C2)c2ccccc2C(C)(C)C1(C)C. The van der Waals surface area contributed by atoms with Crippen molar-refractivity contribution in [3.8, 4) is 0 Å². The van der Waals surface area contributed by atoms with Crippen LogP contribution in [0.15, 0.2) is 41.0 Å². The van der Waals surface area contributed by atoms with Crippen molar-refractivity contribution in [2.45, 2.75) is 52.1 Å². The quantitative estimate of drug-likeness (QED) is 0.554. The van der Waals surface area contributed by atoms with Crippen molar-refractivity contribution < 1.29 is 4.42 Å². The van der Waals surface area contributed by atoms with E-state index in [1.807, 2.05) is 6.26 Å². The van der Waals surface area contributed by atoms with Crippen molar-refractivity contribution in [1.29, 1.82) is 0 Å². The molecule has 130 valence electrons. The molecule has 5 rings (SSSR count). The van der Waals surface area contributed by atoms with Crippen LogP contribution in [0.2, 0.25) is 0 Å². The predicted molar refractivity (Wildman–Crippen MR) is 102 cm³/mol. The number of fused-ring (bicyclic) bond motifs is 7. The Bertz CT molecular complexity index is 1020. The van der Waals surface area contributed by atoms with Crippen LogP contribution in [0.1, 0.15) is 51.4 Å². The fourth-order valence-corrected chi connectivity index (χ4v) is 5.49. The van der Waals surface area contributed by atoms with Crippen molar-refractivity contribution in [3.63, 3.8) is 0 Å². The number of aromatic nitrogens is 1. The molecule has 0 amide bonds. The van der Waals surface area contributed by atoms with Crippen LogP contribution in [-0.2, 0) is 24.5 Å². The fourth-order valence-electron chi connectivity index (χ4n) is 5.49. The summed E-state index contributed by atoms with van der Waals surface area (Å²) in [5, 5.41) is 0. The molecule has 1 atom stereocenters. The summed E-state index contributed by atoms with van der Waals surface area (Å²) in [6.07, 6.45) is 1.83. The van der Waals surface area contributed by atoms with Gasteiger partial charge in [0.2, 0.25) is 0 Å². The number of para-hydroxylation sites is 1. The van der Waals surface area contributed by atoms with Gasteiger partial charge in [-0.1, -0.05) is 45.9 Å². The number of rotatable bonds is 0. The van der Waals surface area contributed by atoms with E-state index in [1.54, 1.807) is 0 Å². The molecule has 0 spiro atoms. The van der Waals surface area contributed by atoms with Crippen molar-refractivity contribution in [2.24, 2.45) is 12.5 Å². The summed E-state index contributed by atoms with van der Waals surface area (Å²) in [4.78, 5) is 2.61. The molecule has 0 N–H and O–H groups in total. The van der Waals surface area contributed by atoms with Gasteiger partial charge in [-0.25, -0.2) is 0 Å². The Labute approximate surface area is 149 Å². The molecule has 0 radical (unpaired) electrons. The molecule has 0 saturated carbocycles. The average Bonchev–Trinajstić information content (AvgIpc) is 3.21. The van der Waals surface area contributed by atoms with Gasteiger partial charge in [0.1, 0.15) is 0 Å². The lowest BCUT2D eigenvalue weighted by molar-refractivity contribution is 0.0689. The smallest absolute Gasteiger partial charge is 0.157 e. The van der Waals surface area contributed by atoms with Crippen LogP contribution in [0.5, 0.6) is 0 Å². The van der Waals surface area contributed by atoms with E-state index in [0.29, 0.717) is 0 Å². The number of benzene rings is 1. The Balaban J connectivity index is 1.92. The Morgan fingerprint density at radius 3 is 2.48 bits per heavy atom. The van der Waals surface area contributed by atoms with Gasteiger partial charge in [-0.3, -0.25) is 0 Å². The fraction of sp³-hybridized carbons (Fsp3) is 0.455. The molecule has 0 aliphatic carbocycles. The zero-order valence-electron chi connectivity index (χ0n) is 16.0. The van der Waals surface area contributed by atoms with Crippen LogP contribution in [0.3, 0.4) is 0 Å². The van der Waals surface area contributed by atoms with Crippen LogP contribution in [-0.4, -0.2) is 4.57 Å². The van der Waals surface area contributed by atoms with Gasteiger partial charge >= 0.3 is 0 Å². The highest BCUT2D eigenvalue weighted by Gasteiger charge is 2.63. The second kappa shape index (κ2) is 4.14. The van der Waals surface area contributed by atoms with E-state index in [-0.39, 0.29) is 16.4 Å². The van der Waals surface area contributed by atoms with E-state index >= 15 is 0 Å².